The molecule has 0 aliphatic carbocycles. The van der Waals surface area contributed by atoms with E-state index < -0.39 is 6.43 Å². The van der Waals surface area contributed by atoms with Gasteiger partial charge in [0.15, 0.2) is 0 Å². The molecule has 0 aliphatic rings. The third-order valence-electron chi connectivity index (χ3n) is 2.34. The highest BCUT2D eigenvalue weighted by molar-refractivity contribution is 9.11. The van der Waals surface area contributed by atoms with E-state index in [1.165, 1.54) is 7.11 Å². The van der Waals surface area contributed by atoms with E-state index in [0.717, 1.165) is 6.07 Å². The third-order valence-corrected chi connectivity index (χ3v) is 3.83. The van der Waals surface area contributed by atoms with Crippen LogP contribution in [-0.4, -0.2) is 12.1 Å². The van der Waals surface area contributed by atoms with E-state index in [2.05, 4.69) is 36.8 Å². The van der Waals surface area contributed by atoms with Crippen LogP contribution in [0.25, 0.3) is 10.9 Å². The molecule has 0 amide bonds. The zero-order valence-corrected chi connectivity index (χ0v) is 12.9. The normalized spacial score (nSPS) is 11.3. The van der Waals surface area contributed by atoms with Gasteiger partial charge in [0, 0.05) is 4.47 Å². The number of hydrogen-bond donors (Lipinski definition) is 0. The van der Waals surface area contributed by atoms with Gasteiger partial charge in [0.05, 0.1) is 27.5 Å². The van der Waals surface area contributed by atoms with Crippen molar-refractivity contribution in [3.05, 3.63) is 31.8 Å². The number of ether oxygens (including phenoxy) is 1. The molecule has 0 unspecified atom stereocenters. The first-order valence-corrected chi connectivity index (χ1v) is 6.72. The van der Waals surface area contributed by atoms with Crippen LogP contribution in [0.4, 0.5) is 8.78 Å². The summed E-state index contributed by atoms with van der Waals surface area (Å²) in [5, 5.41) is 0.666. The summed E-state index contributed by atoms with van der Waals surface area (Å²) >= 11 is 12.6. The first-order valence-electron chi connectivity index (χ1n) is 4.76. The molecular formula is C11H6Br2ClF2NO. The van der Waals surface area contributed by atoms with Crippen LogP contribution in [0.3, 0.4) is 0 Å². The number of methoxy groups -OCH3 is 1. The Labute approximate surface area is 124 Å². The van der Waals surface area contributed by atoms with Crippen molar-refractivity contribution in [2.45, 2.75) is 6.43 Å². The first kappa shape index (κ1) is 14.0. The lowest BCUT2D eigenvalue weighted by Gasteiger charge is -2.12. The lowest BCUT2D eigenvalue weighted by atomic mass is 10.2. The van der Waals surface area contributed by atoms with E-state index >= 15 is 0 Å². The van der Waals surface area contributed by atoms with E-state index in [1.54, 1.807) is 6.07 Å². The Bertz CT molecular complexity index is 622. The fourth-order valence-corrected chi connectivity index (χ4v) is 3.30. The van der Waals surface area contributed by atoms with Crippen LogP contribution in [0.2, 0.25) is 5.02 Å². The van der Waals surface area contributed by atoms with Gasteiger partial charge in [-0.3, -0.25) is 0 Å². The Morgan fingerprint density at radius 3 is 2.50 bits per heavy atom. The number of nitrogens with zero attached hydrogens (tertiary/aromatic N) is 1. The molecule has 0 aliphatic heterocycles. The summed E-state index contributed by atoms with van der Waals surface area (Å²) in [5.74, 6) is 0.464. The molecule has 0 radical (unpaired) electrons. The molecule has 18 heavy (non-hydrogen) atoms. The summed E-state index contributed by atoms with van der Waals surface area (Å²) in [6.07, 6.45) is -2.67. The maximum Gasteiger partial charge on any atom is 0.280 e. The molecule has 0 saturated heterocycles. The number of benzene rings is 1. The van der Waals surface area contributed by atoms with Crippen molar-refractivity contribution in [2.24, 2.45) is 0 Å². The second-order valence-electron chi connectivity index (χ2n) is 3.43. The minimum absolute atomic E-state index is 0.175. The minimum atomic E-state index is -2.67. The van der Waals surface area contributed by atoms with Gasteiger partial charge in [-0.25, -0.2) is 13.8 Å². The number of hydrogen-bond acceptors (Lipinski definition) is 2. The van der Waals surface area contributed by atoms with E-state index in [4.69, 9.17) is 16.3 Å². The Hall–Kier alpha value is -0.460. The maximum atomic E-state index is 12.7. The summed E-state index contributed by atoms with van der Waals surface area (Å²) in [6.45, 7) is 0. The van der Waals surface area contributed by atoms with Gasteiger partial charge in [-0.2, -0.15) is 0 Å². The Balaban J connectivity index is 2.90. The molecule has 1 heterocycles. The van der Waals surface area contributed by atoms with E-state index in [0.29, 0.717) is 25.6 Å². The van der Waals surface area contributed by atoms with E-state index in [9.17, 15) is 8.78 Å². The van der Waals surface area contributed by atoms with Crippen molar-refractivity contribution in [3.63, 3.8) is 0 Å². The molecule has 7 heteroatoms. The van der Waals surface area contributed by atoms with Crippen LogP contribution in [0, 0.1) is 0 Å². The molecule has 1 aromatic heterocycles. The summed E-state index contributed by atoms with van der Waals surface area (Å²) in [4.78, 5) is 3.90. The molecule has 0 saturated carbocycles. The van der Waals surface area contributed by atoms with Crippen LogP contribution in [-0.2, 0) is 0 Å². The van der Waals surface area contributed by atoms with E-state index in [1.807, 2.05) is 0 Å². The molecule has 1 aromatic carbocycles. The van der Waals surface area contributed by atoms with Crippen molar-refractivity contribution in [1.29, 1.82) is 0 Å². The average Bonchev–Trinajstić information content (AvgIpc) is 2.30. The number of alkyl halides is 2. The fourth-order valence-electron chi connectivity index (χ4n) is 1.60. The lowest BCUT2D eigenvalue weighted by Crippen LogP contribution is -1.95. The predicted octanol–water partition coefficient (Wildman–Crippen LogP) is 5.36. The van der Waals surface area contributed by atoms with Crippen LogP contribution in [0.1, 0.15) is 12.1 Å². The van der Waals surface area contributed by atoms with Gasteiger partial charge < -0.3 is 4.74 Å². The highest BCUT2D eigenvalue weighted by Gasteiger charge is 2.18. The van der Waals surface area contributed by atoms with E-state index in [-0.39, 0.29) is 10.7 Å². The Morgan fingerprint density at radius 1 is 1.28 bits per heavy atom. The molecule has 0 spiro atoms. The SMILES string of the molecule is COc1c(Br)cc(Br)c2nc(C(F)F)cc(Cl)c12. The largest absolute Gasteiger partial charge is 0.495 e. The summed E-state index contributed by atoms with van der Waals surface area (Å²) < 4.78 is 31.8. The van der Waals surface area contributed by atoms with Crippen LogP contribution in [0.5, 0.6) is 5.75 Å². The van der Waals surface area contributed by atoms with Gasteiger partial charge >= 0.3 is 0 Å². The van der Waals surface area contributed by atoms with Crippen LogP contribution >= 0.6 is 43.5 Å². The maximum absolute atomic E-state index is 12.7. The molecule has 0 N–H and O–H groups in total. The molecule has 0 bridgehead atoms. The predicted molar refractivity (Wildman–Crippen MR) is 73.7 cm³/mol. The smallest absolute Gasteiger partial charge is 0.280 e. The van der Waals surface area contributed by atoms with Gasteiger partial charge in [-0.15, -0.1) is 0 Å². The number of aromatic nitrogens is 1. The van der Waals surface area contributed by atoms with Crippen molar-refractivity contribution >= 4 is 54.4 Å². The third kappa shape index (κ3) is 2.33. The molecule has 2 nitrogen and oxygen atoms in total. The van der Waals surface area contributed by atoms with Crippen molar-refractivity contribution in [3.8, 4) is 5.75 Å². The average molecular weight is 401 g/mol. The molecule has 96 valence electrons. The van der Waals surface area contributed by atoms with Crippen molar-refractivity contribution in [2.75, 3.05) is 7.11 Å². The zero-order chi connectivity index (χ0) is 13.4. The Kier molecular flexibility index (Phi) is 4.08. The second-order valence-corrected chi connectivity index (χ2v) is 5.54. The van der Waals surface area contributed by atoms with Gasteiger partial charge in [-0.1, -0.05) is 11.6 Å². The van der Waals surface area contributed by atoms with Gasteiger partial charge in [0.1, 0.15) is 11.4 Å². The number of pyridine rings is 1. The van der Waals surface area contributed by atoms with Crippen molar-refractivity contribution in [1.82, 2.24) is 4.98 Å². The fraction of sp³-hybridized carbons (Fsp3) is 0.182. The van der Waals surface area contributed by atoms with Crippen LogP contribution in [0.15, 0.2) is 21.1 Å². The number of fused-ring (bicyclic) bond motifs is 1. The number of rotatable bonds is 2. The highest BCUT2D eigenvalue weighted by Crippen LogP contribution is 2.42. The second kappa shape index (κ2) is 5.27. The summed E-state index contributed by atoms with van der Waals surface area (Å²) in [7, 11) is 1.48. The van der Waals surface area contributed by atoms with Gasteiger partial charge in [0.2, 0.25) is 0 Å². The van der Waals surface area contributed by atoms with Gasteiger partial charge in [0.25, 0.3) is 6.43 Å². The molecule has 2 aromatic rings. The van der Waals surface area contributed by atoms with Gasteiger partial charge in [-0.05, 0) is 44.0 Å². The molecular weight excluding hydrogens is 395 g/mol. The minimum Gasteiger partial charge on any atom is -0.495 e. The quantitative estimate of drug-likeness (QED) is 0.676. The Morgan fingerprint density at radius 2 is 1.94 bits per heavy atom. The lowest BCUT2D eigenvalue weighted by molar-refractivity contribution is 0.146. The monoisotopic (exact) mass is 399 g/mol. The first-order chi connectivity index (χ1) is 8.45. The summed E-state index contributed by atoms with van der Waals surface area (Å²) in [6, 6.07) is 2.83. The molecule has 2 rings (SSSR count). The van der Waals surface area contributed by atoms with Crippen LogP contribution < -0.4 is 4.74 Å². The standard InChI is InChI=1S/C11H6Br2ClF2NO/c1-18-10-5(13)2-4(12)9-8(10)6(14)3-7(17-9)11(15)16/h2-3,11H,1H3. The molecule has 0 fully saturated rings. The number of halogens is 5. The molecule has 0 atom stereocenters. The topological polar surface area (TPSA) is 22.1 Å². The highest BCUT2D eigenvalue weighted by atomic mass is 79.9. The zero-order valence-electron chi connectivity index (χ0n) is 8.98. The summed E-state index contributed by atoms with van der Waals surface area (Å²) in [5.41, 5.74) is -0.0181. The van der Waals surface area contributed by atoms with Crippen molar-refractivity contribution < 1.29 is 13.5 Å².